The summed E-state index contributed by atoms with van der Waals surface area (Å²) in [6.07, 6.45) is -4.16. The number of hydrogen-bond acceptors (Lipinski definition) is 4. The Morgan fingerprint density at radius 1 is 1.25 bits per heavy atom. The highest BCUT2D eigenvalue weighted by molar-refractivity contribution is 5.62. The molecule has 2 rings (SSSR count). The molecule has 1 heterocycles. The van der Waals surface area contributed by atoms with Gasteiger partial charge in [0.2, 0.25) is 0 Å². The third-order valence-corrected chi connectivity index (χ3v) is 2.62. The third-order valence-electron chi connectivity index (χ3n) is 2.62. The Morgan fingerprint density at radius 2 is 1.88 bits per heavy atom. The lowest BCUT2D eigenvalue weighted by Gasteiger charge is -2.21. The zero-order valence-corrected chi connectivity index (χ0v) is 8.30. The molecule has 0 amide bonds. The van der Waals surface area contributed by atoms with Crippen molar-refractivity contribution in [3.8, 4) is 0 Å². The first-order valence-corrected chi connectivity index (χ1v) is 4.71. The summed E-state index contributed by atoms with van der Waals surface area (Å²) in [5.41, 5.74) is 9.25. The number of anilines is 3. The molecule has 4 nitrogen and oxygen atoms in total. The van der Waals surface area contributed by atoms with Gasteiger partial charge in [-0.05, 0) is 25.0 Å². The summed E-state index contributed by atoms with van der Waals surface area (Å²) in [4.78, 5) is 3.75. The molecule has 1 aromatic rings. The maximum absolute atomic E-state index is 12.6. The van der Waals surface area contributed by atoms with Crippen LogP contribution in [0.4, 0.5) is 30.5 Å². The molecule has 0 unspecified atom stereocenters. The molecule has 1 aliphatic carbocycles. The fraction of sp³-hybridized carbons (Fsp3) is 0.444. The fourth-order valence-electron chi connectivity index (χ4n) is 1.40. The van der Waals surface area contributed by atoms with Gasteiger partial charge in [-0.1, -0.05) is 0 Å². The Balaban J connectivity index is 2.19. The van der Waals surface area contributed by atoms with E-state index in [4.69, 9.17) is 11.5 Å². The van der Waals surface area contributed by atoms with Crippen molar-refractivity contribution in [2.75, 3.05) is 16.8 Å². The highest BCUT2D eigenvalue weighted by Crippen LogP contribution is 2.51. The van der Waals surface area contributed by atoms with Crippen molar-refractivity contribution in [2.45, 2.75) is 24.6 Å². The van der Waals surface area contributed by atoms with Crippen LogP contribution in [-0.2, 0) is 0 Å². The molecule has 1 saturated carbocycles. The lowest BCUT2D eigenvalue weighted by molar-refractivity contribution is -0.151. The first kappa shape index (κ1) is 10.8. The van der Waals surface area contributed by atoms with Gasteiger partial charge in [-0.15, -0.1) is 0 Å². The molecule has 0 radical (unpaired) electrons. The van der Waals surface area contributed by atoms with Crippen molar-refractivity contribution in [3.05, 3.63) is 12.1 Å². The van der Waals surface area contributed by atoms with Gasteiger partial charge in [0.15, 0.2) is 0 Å². The molecular weight excluding hydrogens is 221 g/mol. The topological polar surface area (TPSA) is 77.0 Å². The number of alkyl halides is 3. The van der Waals surface area contributed by atoms with E-state index in [0.29, 0.717) is 0 Å². The predicted molar refractivity (Wildman–Crippen MR) is 54.7 cm³/mol. The number of rotatable bonds is 2. The van der Waals surface area contributed by atoms with Gasteiger partial charge in [0.05, 0.1) is 5.69 Å². The molecule has 0 bridgehead atoms. The largest absolute Gasteiger partial charge is 0.411 e. The highest BCUT2D eigenvalue weighted by atomic mass is 19.4. The van der Waals surface area contributed by atoms with E-state index in [1.54, 1.807) is 0 Å². The Bertz CT molecular complexity index is 412. The molecule has 0 aliphatic heterocycles. The van der Waals surface area contributed by atoms with E-state index in [2.05, 4.69) is 10.3 Å². The molecule has 5 N–H and O–H groups in total. The summed E-state index contributed by atoms with van der Waals surface area (Å²) in [7, 11) is 0. The van der Waals surface area contributed by atoms with Gasteiger partial charge >= 0.3 is 6.18 Å². The number of nitrogen functional groups attached to an aromatic ring is 2. The van der Waals surface area contributed by atoms with E-state index in [1.807, 2.05) is 0 Å². The van der Waals surface area contributed by atoms with Crippen LogP contribution >= 0.6 is 0 Å². The maximum atomic E-state index is 12.6. The number of nitrogens with zero attached hydrogens (tertiary/aromatic N) is 1. The maximum Gasteiger partial charge on any atom is 0.411 e. The number of halogens is 3. The molecule has 0 spiro atoms. The van der Waals surface area contributed by atoms with Crippen LogP contribution in [-0.4, -0.2) is 16.7 Å². The minimum Gasteiger partial charge on any atom is -0.396 e. The van der Waals surface area contributed by atoms with E-state index in [0.717, 1.165) is 0 Å². The highest BCUT2D eigenvalue weighted by Gasteiger charge is 2.63. The number of pyridine rings is 1. The van der Waals surface area contributed by atoms with Crippen molar-refractivity contribution in [1.82, 2.24) is 4.98 Å². The van der Waals surface area contributed by atoms with Crippen LogP contribution in [0.25, 0.3) is 0 Å². The number of nitrogens with two attached hydrogens (primary N) is 2. The Kier molecular flexibility index (Phi) is 2.14. The second-order valence-electron chi connectivity index (χ2n) is 3.88. The van der Waals surface area contributed by atoms with Crippen LogP contribution in [0, 0.1) is 0 Å². The van der Waals surface area contributed by atoms with E-state index in [-0.39, 0.29) is 30.2 Å². The van der Waals surface area contributed by atoms with Gasteiger partial charge < -0.3 is 16.8 Å². The van der Waals surface area contributed by atoms with Crippen molar-refractivity contribution >= 4 is 17.3 Å². The summed E-state index contributed by atoms with van der Waals surface area (Å²) in [5, 5.41) is 2.37. The summed E-state index contributed by atoms with van der Waals surface area (Å²) >= 11 is 0. The fourth-order valence-corrected chi connectivity index (χ4v) is 1.40. The Morgan fingerprint density at radius 3 is 2.31 bits per heavy atom. The van der Waals surface area contributed by atoms with Crippen LogP contribution in [0.3, 0.4) is 0 Å². The SMILES string of the molecule is Nc1ccc(NC2(C(F)(F)F)CC2)nc1N. The van der Waals surface area contributed by atoms with E-state index in [1.165, 1.54) is 12.1 Å². The lowest BCUT2D eigenvalue weighted by Crippen LogP contribution is -2.38. The lowest BCUT2D eigenvalue weighted by atomic mass is 10.2. The van der Waals surface area contributed by atoms with Gasteiger partial charge in [0.1, 0.15) is 17.2 Å². The van der Waals surface area contributed by atoms with Gasteiger partial charge in [0.25, 0.3) is 0 Å². The normalized spacial score (nSPS) is 18.2. The first-order valence-electron chi connectivity index (χ1n) is 4.71. The molecule has 1 aromatic heterocycles. The van der Waals surface area contributed by atoms with Crippen molar-refractivity contribution < 1.29 is 13.2 Å². The van der Waals surface area contributed by atoms with Crippen LogP contribution in [0.5, 0.6) is 0 Å². The number of hydrogen-bond donors (Lipinski definition) is 3. The van der Waals surface area contributed by atoms with Crippen molar-refractivity contribution in [3.63, 3.8) is 0 Å². The average molecular weight is 232 g/mol. The van der Waals surface area contributed by atoms with Crippen LogP contribution < -0.4 is 16.8 Å². The summed E-state index contributed by atoms with van der Waals surface area (Å²) in [6.45, 7) is 0. The monoisotopic (exact) mass is 232 g/mol. The molecule has 1 aliphatic rings. The number of nitrogens with one attached hydrogen (secondary N) is 1. The van der Waals surface area contributed by atoms with Crippen molar-refractivity contribution in [2.24, 2.45) is 0 Å². The van der Waals surface area contributed by atoms with Gasteiger partial charge in [-0.2, -0.15) is 13.2 Å². The minimum absolute atomic E-state index is 0.0305. The average Bonchev–Trinajstić information content (AvgIpc) is 2.91. The summed E-state index contributed by atoms with van der Waals surface area (Å²) in [6, 6.07) is 2.81. The molecule has 88 valence electrons. The van der Waals surface area contributed by atoms with E-state index >= 15 is 0 Å². The van der Waals surface area contributed by atoms with E-state index < -0.39 is 11.7 Å². The molecule has 16 heavy (non-hydrogen) atoms. The molecular formula is C9H11F3N4. The van der Waals surface area contributed by atoms with Gasteiger partial charge in [0, 0.05) is 0 Å². The van der Waals surface area contributed by atoms with E-state index in [9.17, 15) is 13.2 Å². The quantitative estimate of drug-likeness (QED) is 0.726. The second-order valence-corrected chi connectivity index (χ2v) is 3.88. The Labute approximate surface area is 89.8 Å². The zero-order valence-electron chi connectivity index (χ0n) is 8.30. The zero-order chi connectivity index (χ0) is 12.0. The van der Waals surface area contributed by atoms with Crippen LogP contribution in [0.15, 0.2) is 12.1 Å². The minimum atomic E-state index is -4.27. The summed E-state index contributed by atoms with van der Waals surface area (Å²) in [5.74, 6) is 0.129. The number of aromatic nitrogens is 1. The van der Waals surface area contributed by atoms with Crippen molar-refractivity contribution in [1.29, 1.82) is 0 Å². The Hall–Kier alpha value is -1.66. The van der Waals surface area contributed by atoms with Crippen LogP contribution in [0.2, 0.25) is 0 Å². The first-order chi connectivity index (χ1) is 7.34. The molecule has 0 aromatic carbocycles. The molecule has 1 fully saturated rings. The summed E-state index contributed by atoms with van der Waals surface area (Å²) < 4.78 is 37.8. The third kappa shape index (κ3) is 1.72. The smallest absolute Gasteiger partial charge is 0.396 e. The van der Waals surface area contributed by atoms with Crippen LogP contribution in [0.1, 0.15) is 12.8 Å². The molecule has 0 saturated heterocycles. The predicted octanol–water partition coefficient (Wildman–Crippen LogP) is 1.75. The van der Waals surface area contributed by atoms with Gasteiger partial charge in [-0.3, -0.25) is 0 Å². The second kappa shape index (κ2) is 3.16. The molecule has 0 atom stereocenters. The van der Waals surface area contributed by atoms with Gasteiger partial charge in [-0.25, -0.2) is 4.98 Å². The standard InChI is InChI=1S/C9H11F3N4/c10-9(11,12)8(3-4-8)16-6-2-1-5(13)7(14)15-6/h1-2H,3-4,13H2,(H3,14,15,16). The molecule has 7 heteroatoms.